The van der Waals surface area contributed by atoms with Crippen LogP contribution in [0.3, 0.4) is 0 Å². The number of carbonyl (C=O) groups excluding carboxylic acids is 1. The molecule has 4 rings (SSSR count). The molecule has 1 aliphatic heterocycles. The highest BCUT2D eigenvalue weighted by Gasteiger charge is 2.24. The molecule has 1 amide bonds. The van der Waals surface area contributed by atoms with Crippen LogP contribution in [-0.2, 0) is 11.3 Å². The van der Waals surface area contributed by atoms with Gasteiger partial charge in [0.05, 0.1) is 5.69 Å². The monoisotopic (exact) mass is 371 g/mol. The number of nitrogens with zero attached hydrogens (tertiary/aromatic N) is 3. The number of para-hydroxylation sites is 1. The fourth-order valence-corrected chi connectivity index (χ4v) is 3.75. The van der Waals surface area contributed by atoms with Crippen LogP contribution >= 0.6 is 11.8 Å². The van der Waals surface area contributed by atoms with E-state index in [-0.39, 0.29) is 18.3 Å². The minimum Gasteiger partial charge on any atom is -0.388 e. The van der Waals surface area contributed by atoms with E-state index in [1.54, 1.807) is 16.7 Å². The number of aromatic nitrogens is 2. The maximum absolute atomic E-state index is 13.0. The standard InChI is InChI=1S/C18H14FN3O3S/c19-13-7-5-12(6-8-13)17-20-22(18(24)25-17)11-16(23)21-9-10-26-15-4-2-1-3-14(15)21/h1-8H,9-11H2. The first-order valence-electron chi connectivity index (χ1n) is 7.98. The number of rotatable bonds is 3. The van der Waals surface area contributed by atoms with E-state index in [0.29, 0.717) is 12.1 Å². The number of anilines is 1. The van der Waals surface area contributed by atoms with Gasteiger partial charge in [-0.05, 0) is 36.4 Å². The molecule has 26 heavy (non-hydrogen) atoms. The summed E-state index contributed by atoms with van der Waals surface area (Å²) in [6, 6.07) is 13.1. The highest BCUT2D eigenvalue weighted by atomic mass is 32.2. The molecule has 6 nitrogen and oxygen atoms in total. The van der Waals surface area contributed by atoms with Crippen molar-refractivity contribution in [2.45, 2.75) is 11.4 Å². The SMILES string of the molecule is O=C(Cn1nc(-c2ccc(F)cc2)oc1=O)N1CCSc2ccccc21. The van der Waals surface area contributed by atoms with Gasteiger partial charge in [-0.1, -0.05) is 12.1 Å². The van der Waals surface area contributed by atoms with Crippen LogP contribution in [0.25, 0.3) is 11.5 Å². The number of hydrogen-bond donors (Lipinski definition) is 0. The molecule has 8 heteroatoms. The Hall–Kier alpha value is -2.87. The number of benzene rings is 2. The smallest absolute Gasteiger partial charge is 0.388 e. The van der Waals surface area contributed by atoms with Crippen molar-refractivity contribution in [1.29, 1.82) is 0 Å². The van der Waals surface area contributed by atoms with Gasteiger partial charge >= 0.3 is 5.76 Å². The van der Waals surface area contributed by atoms with Crippen molar-refractivity contribution in [1.82, 2.24) is 9.78 Å². The topological polar surface area (TPSA) is 68.3 Å². The zero-order valence-corrected chi connectivity index (χ0v) is 14.4. The lowest BCUT2D eigenvalue weighted by molar-refractivity contribution is -0.119. The first kappa shape index (κ1) is 16.6. The number of thioether (sulfide) groups is 1. The Morgan fingerprint density at radius 3 is 2.77 bits per heavy atom. The molecule has 0 fully saturated rings. The summed E-state index contributed by atoms with van der Waals surface area (Å²) >= 11 is 1.69. The Morgan fingerprint density at radius 1 is 1.19 bits per heavy atom. The van der Waals surface area contributed by atoms with Gasteiger partial charge in [-0.15, -0.1) is 16.9 Å². The van der Waals surface area contributed by atoms with Crippen LogP contribution in [0.5, 0.6) is 0 Å². The molecule has 1 aromatic heterocycles. The molecule has 2 aromatic carbocycles. The van der Waals surface area contributed by atoms with Gasteiger partial charge in [0.2, 0.25) is 11.8 Å². The van der Waals surface area contributed by atoms with Crippen LogP contribution in [0.1, 0.15) is 0 Å². The molecule has 0 N–H and O–H groups in total. The predicted molar refractivity (Wildman–Crippen MR) is 95.7 cm³/mol. The summed E-state index contributed by atoms with van der Waals surface area (Å²) in [4.78, 5) is 27.4. The van der Waals surface area contributed by atoms with E-state index in [0.717, 1.165) is 21.0 Å². The van der Waals surface area contributed by atoms with Crippen LogP contribution in [0.4, 0.5) is 10.1 Å². The molecule has 0 saturated carbocycles. The van der Waals surface area contributed by atoms with Gasteiger partial charge in [0.15, 0.2) is 0 Å². The largest absolute Gasteiger partial charge is 0.437 e. The van der Waals surface area contributed by atoms with Crippen molar-refractivity contribution in [3.63, 3.8) is 0 Å². The van der Waals surface area contributed by atoms with E-state index in [1.807, 2.05) is 24.3 Å². The lowest BCUT2D eigenvalue weighted by atomic mass is 10.2. The van der Waals surface area contributed by atoms with E-state index in [4.69, 9.17) is 4.42 Å². The van der Waals surface area contributed by atoms with E-state index < -0.39 is 11.6 Å². The van der Waals surface area contributed by atoms with E-state index in [2.05, 4.69) is 5.10 Å². The average molecular weight is 371 g/mol. The van der Waals surface area contributed by atoms with Crippen LogP contribution in [-0.4, -0.2) is 28.0 Å². The zero-order chi connectivity index (χ0) is 18.1. The first-order chi connectivity index (χ1) is 12.6. The molecule has 0 unspecified atom stereocenters. The van der Waals surface area contributed by atoms with Gasteiger partial charge in [-0.3, -0.25) is 4.79 Å². The summed E-state index contributed by atoms with van der Waals surface area (Å²) in [5.74, 6) is -0.516. The fraction of sp³-hybridized carbons (Fsp3) is 0.167. The average Bonchev–Trinajstić information content (AvgIpc) is 3.02. The molecule has 0 saturated heterocycles. The third kappa shape index (κ3) is 3.15. The lowest BCUT2D eigenvalue weighted by Gasteiger charge is -2.28. The summed E-state index contributed by atoms with van der Waals surface area (Å²) in [6.45, 7) is 0.348. The molecule has 3 aromatic rings. The summed E-state index contributed by atoms with van der Waals surface area (Å²) in [6.07, 6.45) is 0. The van der Waals surface area contributed by atoms with Gasteiger partial charge in [0.25, 0.3) is 0 Å². The Kier molecular flexibility index (Phi) is 4.34. The lowest BCUT2D eigenvalue weighted by Crippen LogP contribution is -2.39. The molecule has 0 bridgehead atoms. The van der Waals surface area contributed by atoms with Gasteiger partial charge in [-0.25, -0.2) is 9.18 Å². The van der Waals surface area contributed by atoms with Gasteiger partial charge in [0.1, 0.15) is 12.4 Å². The van der Waals surface area contributed by atoms with Crippen molar-refractivity contribution < 1.29 is 13.6 Å². The molecule has 1 aliphatic rings. The minimum atomic E-state index is -0.725. The van der Waals surface area contributed by atoms with Crippen LogP contribution in [0.15, 0.2) is 62.6 Å². The van der Waals surface area contributed by atoms with Crippen molar-refractivity contribution in [3.05, 3.63) is 64.9 Å². The molecule has 0 aliphatic carbocycles. The number of carbonyl (C=O) groups is 1. The van der Waals surface area contributed by atoms with Crippen LogP contribution in [0.2, 0.25) is 0 Å². The number of fused-ring (bicyclic) bond motifs is 1. The minimum absolute atomic E-state index is 0.0531. The predicted octanol–water partition coefficient (Wildman–Crippen LogP) is 2.78. The van der Waals surface area contributed by atoms with Crippen molar-refractivity contribution in [2.24, 2.45) is 0 Å². The molecule has 132 valence electrons. The Bertz CT molecular complexity index is 1010. The summed E-state index contributed by atoms with van der Waals surface area (Å²) in [5, 5.41) is 4.06. The second-order valence-electron chi connectivity index (χ2n) is 5.70. The van der Waals surface area contributed by atoms with E-state index >= 15 is 0 Å². The second kappa shape index (κ2) is 6.80. The van der Waals surface area contributed by atoms with Crippen LogP contribution < -0.4 is 10.7 Å². The summed E-state index contributed by atoms with van der Waals surface area (Å²) < 4.78 is 19.1. The second-order valence-corrected chi connectivity index (χ2v) is 6.84. The summed E-state index contributed by atoms with van der Waals surface area (Å²) in [5.41, 5.74) is 1.30. The number of hydrogen-bond acceptors (Lipinski definition) is 5. The third-order valence-corrected chi connectivity index (χ3v) is 5.05. The molecule has 0 atom stereocenters. The zero-order valence-electron chi connectivity index (χ0n) is 13.6. The van der Waals surface area contributed by atoms with Crippen LogP contribution in [0, 0.1) is 5.82 Å². The van der Waals surface area contributed by atoms with E-state index in [1.165, 1.54) is 24.3 Å². The maximum atomic E-state index is 13.0. The molecule has 0 radical (unpaired) electrons. The maximum Gasteiger partial charge on any atom is 0.437 e. The van der Waals surface area contributed by atoms with E-state index in [9.17, 15) is 14.0 Å². The molecular formula is C18H14FN3O3S. The number of halogens is 1. The molecule has 0 spiro atoms. The molecule has 2 heterocycles. The Balaban J connectivity index is 1.58. The van der Waals surface area contributed by atoms with Crippen molar-refractivity contribution >= 4 is 23.4 Å². The first-order valence-corrected chi connectivity index (χ1v) is 8.96. The summed E-state index contributed by atoms with van der Waals surface area (Å²) in [7, 11) is 0. The quantitative estimate of drug-likeness (QED) is 0.708. The normalized spacial score (nSPS) is 13.5. The van der Waals surface area contributed by atoms with Gasteiger partial charge in [0, 0.05) is 22.8 Å². The third-order valence-electron chi connectivity index (χ3n) is 4.01. The Labute approximate surface area is 152 Å². The number of amides is 1. The highest BCUT2D eigenvalue weighted by Crippen LogP contribution is 2.34. The molecular weight excluding hydrogens is 357 g/mol. The van der Waals surface area contributed by atoms with Crippen molar-refractivity contribution in [2.75, 3.05) is 17.2 Å². The van der Waals surface area contributed by atoms with Gasteiger partial charge in [-0.2, -0.15) is 4.68 Å². The fourth-order valence-electron chi connectivity index (χ4n) is 2.76. The Morgan fingerprint density at radius 2 is 1.96 bits per heavy atom. The van der Waals surface area contributed by atoms with Gasteiger partial charge < -0.3 is 9.32 Å². The van der Waals surface area contributed by atoms with Crippen molar-refractivity contribution in [3.8, 4) is 11.5 Å². The highest BCUT2D eigenvalue weighted by molar-refractivity contribution is 7.99.